The third kappa shape index (κ3) is 8.50. The number of benzene rings is 3. The van der Waals surface area contributed by atoms with Gasteiger partial charge in [-0.25, -0.2) is 8.42 Å². The summed E-state index contributed by atoms with van der Waals surface area (Å²) in [6.07, 6.45) is 2.57. The number of methoxy groups -OCH3 is 1. The number of hydrogen-bond acceptors (Lipinski definition) is 6. The minimum Gasteiger partial charge on any atom is -0.469 e. The maximum absolute atomic E-state index is 14.4. The van der Waals surface area contributed by atoms with Crippen LogP contribution in [0.4, 0.5) is 0 Å². The Morgan fingerprint density at radius 1 is 0.956 bits per heavy atom. The Kier molecular flexibility index (Phi) is 11.4. The van der Waals surface area contributed by atoms with E-state index in [0.717, 1.165) is 16.7 Å². The molecule has 3 atom stereocenters. The molecule has 1 aliphatic rings. The van der Waals surface area contributed by atoms with Gasteiger partial charge in [0.2, 0.25) is 10.0 Å². The highest BCUT2D eigenvalue weighted by Crippen LogP contribution is 2.46. The molecule has 0 aromatic heterocycles. The normalized spacial score (nSPS) is 18.0. The van der Waals surface area contributed by atoms with E-state index in [1.807, 2.05) is 75.4 Å². The lowest BCUT2D eigenvalue weighted by atomic mass is 9.87. The number of ether oxygens (including phenoxy) is 2. The van der Waals surface area contributed by atoms with Gasteiger partial charge in [-0.15, -0.1) is 0 Å². The van der Waals surface area contributed by atoms with Crippen LogP contribution in [0.15, 0.2) is 95.4 Å². The van der Waals surface area contributed by atoms with Crippen LogP contribution in [-0.2, 0) is 35.5 Å². The summed E-state index contributed by atoms with van der Waals surface area (Å²) in [5.41, 5.74) is 2.76. The number of aryl methyl sites for hydroxylation is 1. The molecule has 0 spiro atoms. The van der Waals surface area contributed by atoms with Crippen molar-refractivity contribution in [1.29, 1.82) is 0 Å². The molecule has 0 aliphatic carbocycles. The van der Waals surface area contributed by atoms with Crippen LogP contribution in [0.3, 0.4) is 0 Å². The number of carbonyl (C=O) groups excluding carboxylic acids is 2. The third-order valence-electron chi connectivity index (χ3n) is 8.10. The fraction of sp³-hybridized carbons (Fsp3) is 0.389. The monoisotopic (exact) mass is 651 g/mol. The maximum Gasteiger partial charge on any atom is 0.309 e. The molecule has 1 heterocycles. The molecule has 0 radical (unpaired) electrons. The molecule has 0 bridgehead atoms. The number of hydrogen-bond donors (Lipinski definition) is 0. The highest BCUT2D eigenvalue weighted by Gasteiger charge is 2.48. The highest BCUT2D eigenvalue weighted by molar-refractivity contribution is 7.89. The zero-order valence-corrected chi connectivity index (χ0v) is 28.1. The van der Waals surface area contributed by atoms with Gasteiger partial charge in [-0.2, -0.15) is 4.31 Å². The van der Waals surface area contributed by atoms with Crippen LogP contribution >= 0.6 is 11.6 Å². The van der Waals surface area contributed by atoms with E-state index in [1.54, 1.807) is 41.6 Å². The molecule has 7 nitrogen and oxygen atoms in total. The van der Waals surface area contributed by atoms with Gasteiger partial charge < -0.3 is 9.47 Å². The van der Waals surface area contributed by atoms with Crippen molar-refractivity contribution in [3.05, 3.63) is 112 Å². The molecule has 3 aromatic carbocycles. The first kappa shape index (κ1) is 34.6. The minimum atomic E-state index is -3.94. The minimum absolute atomic E-state index is 0.0512. The van der Waals surface area contributed by atoms with Gasteiger partial charge in [0.05, 0.1) is 37.2 Å². The Labute approximate surface area is 272 Å². The first-order chi connectivity index (χ1) is 21.3. The number of ketones is 1. The molecular weight excluding hydrogens is 610 g/mol. The maximum atomic E-state index is 14.4. The Morgan fingerprint density at radius 2 is 1.60 bits per heavy atom. The Morgan fingerprint density at radius 3 is 2.22 bits per heavy atom. The smallest absolute Gasteiger partial charge is 0.309 e. The average molecular weight is 652 g/mol. The SMILES string of the molecule is COC(=O)[C@@H](CC(=O)CCOCC1=C[C@@H](C(C)(C)C)N(S(=O)(=O)c2ccccc2C)[C@H]1c1ccc(Cl)cc1)Cc1ccccc1. The van der Waals surface area contributed by atoms with Gasteiger partial charge in [-0.1, -0.05) is 99.1 Å². The molecule has 4 rings (SSSR count). The average Bonchev–Trinajstić information content (AvgIpc) is 3.41. The Hall–Kier alpha value is -3.30. The number of carbonyl (C=O) groups is 2. The Bertz CT molecular complexity index is 1610. The van der Waals surface area contributed by atoms with E-state index in [-0.39, 0.29) is 36.7 Å². The molecule has 9 heteroatoms. The lowest BCUT2D eigenvalue weighted by molar-refractivity contribution is -0.147. The molecule has 1 aliphatic heterocycles. The van der Waals surface area contributed by atoms with Crippen LogP contribution in [0.25, 0.3) is 0 Å². The quantitative estimate of drug-likeness (QED) is 0.111. The van der Waals surface area contributed by atoms with Gasteiger partial charge in [0.25, 0.3) is 0 Å². The molecule has 0 unspecified atom stereocenters. The predicted molar refractivity (Wildman–Crippen MR) is 176 cm³/mol. The van der Waals surface area contributed by atoms with Crippen LogP contribution in [0.2, 0.25) is 5.02 Å². The molecule has 0 N–H and O–H groups in total. The van der Waals surface area contributed by atoms with E-state index in [0.29, 0.717) is 17.0 Å². The fourth-order valence-electron chi connectivity index (χ4n) is 5.76. The summed E-state index contributed by atoms with van der Waals surface area (Å²) in [5.74, 6) is -1.10. The molecule has 3 aromatic rings. The predicted octanol–water partition coefficient (Wildman–Crippen LogP) is 7.13. The fourth-order valence-corrected chi connectivity index (χ4v) is 8.05. The van der Waals surface area contributed by atoms with Crippen LogP contribution in [0, 0.1) is 18.3 Å². The van der Waals surface area contributed by atoms with Crippen molar-refractivity contribution in [2.75, 3.05) is 20.3 Å². The van der Waals surface area contributed by atoms with Crippen molar-refractivity contribution >= 4 is 33.4 Å². The van der Waals surface area contributed by atoms with Crippen LogP contribution in [-0.4, -0.2) is 50.8 Å². The second-order valence-corrected chi connectivity index (χ2v) is 14.8. The number of sulfonamides is 1. The van der Waals surface area contributed by atoms with Gasteiger partial charge in [-0.3, -0.25) is 9.59 Å². The van der Waals surface area contributed by atoms with E-state index >= 15 is 0 Å². The third-order valence-corrected chi connectivity index (χ3v) is 10.4. The lowest BCUT2D eigenvalue weighted by Gasteiger charge is -2.37. The number of nitrogens with zero attached hydrogens (tertiary/aromatic N) is 1. The van der Waals surface area contributed by atoms with Crippen molar-refractivity contribution in [3.8, 4) is 0 Å². The number of esters is 1. The van der Waals surface area contributed by atoms with Crippen molar-refractivity contribution in [3.63, 3.8) is 0 Å². The van der Waals surface area contributed by atoms with Crippen molar-refractivity contribution in [2.24, 2.45) is 11.3 Å². The molecule has 45 heavy (non-hydrogen) atoms. The van der Waals surface area contributed by atoms with Crippen LogP contribution in [0.1, 0.15) is 56.3 Å². The zero-order chi connectivity index (χ0) is 32.8. The first-order valence-electron chi connectivity index (χ1n) is 15.1. The second kappa shape index (κ2) is 14.9. The van der Waals surface area contributed by atoms with Gasteiger partial charge >= 0.3 is 5.97 Å². The Balaban J connectivity index is 1.53. The molecule has 0 amide bonds. The topological polar surface area (TPSA) is 90.0 Å². The van der Waals surface area contributed by atoms with Crippen LogP contribution in [0.5, 0.6) is 0 Å². The largest absolute Gasteiger partial charge is 0.469 e. The zero-order valence-electron chi connectivity index (χ0n) is 26.5. The second-order valence-electron chi connectivity index (χ2n) is 12.6. The lowest BCUT2D eigenvalue weighted by Crippen LogP contribution is -2.45. The summed E-state index contributed by atoms with van der Waals surface area (Å²) in [7, 11) is -2.61. The van der Waals surface area contributed by atoms with Crippen molar-refractivity contribution < 1.29 is 27.5 Å². The molecule has 0 saturated carbocycles. The van der Waals surface area contributed by atoms with E-state index in [2.05, 4.69) is 0 Å². The van der Waals surface area contributed by atoms with E-state index in [9.17, 15) is 18.0 Å². The summed E-state index contributed by atoms with van der Waals surface area (Å²) in [6, 6.07) is 22.6. The number of halogens is 1. The van der Waals surface area contributed by atoms with Gasteiger partial charge in [0, 0.05) is 23.9 Å². The highest BCUT2D eigenvalue weighted by atomic mass is 35.5. The number of rotatable bonds is 13. The van der Waals surface area contributed by atoms with Crippen molar-refractivity contribution in [2.45, 2.75) is 63.9 Å². The van der Waals surface area contributed by atoms with Gasteiger partial charge in [0.15, 0.2) is 0 Å². The first-order valence-corrected chi connectivity index (χ1v) is 16.9. The van der Waals surface area contributed by atoms with Crippen LogP contribution < -0.4 is 0 Å². The summed E-state index contributed by atoms with van der Waals surface area (Å²) >= 11 is 6.21. The van der Waals surface area contributed by atoms with Gasteiger partial charge in [-0.05, 0) is 59.2 Å². The summed E-state index contributed by atoms with van der Waals surface area (Å²) in [4.78, 5) is 25.6. The standard InChI is InChI=1S/C36H42ClNO6S/c1-25-11-9-10-14-32(25)45(41,42)38-33(36(2,3)4)23-29(34(38)27-15-17-30(37)18-16-27)24-44-20-19-31(39)22-28(35(40)43-5)21-26-12-7-6-8-13-26/h6-18,23,28,33-34H,19-22,24H2,1-5H3/t28-,33+,34+/m1/s1. The summed E-state index contributed by atoms with van der Waals surface area (Å²) in [5, 5.41) is 0.551. The molecule has 0 fully saturated rings. The summed E-state index contributed by atoms with van der Waals surface area (Å²) < 4.78 is 41.4. The van der Waals surface area contributed by atoms with Gasteiger partial charge in [0.1, 0.15) is 5.78 Å². The molecule has 240 valence electrons. The summed E-state index contributed by atoms with van der Waals surface area (Å²) in [6.45, 7) is 8.12. The van der Waals surface area contributed by atoms with E-state index < -0.39 is 39.4 Å². The molecular formula is C36H42ClNO6S. The molecule has 0 saturated heterocycles. The van der Waals surface area contributed by atoms with E-state index in [1.165, 1.54) is 7.11 Å². The number of Topliss-reactive ketones (excluding diaryl/α,β-unsaturated/α-hetero) is 1. The van der Waals surface area contributed by atoms with E-state index in [4.69, 9.17) is 21.1 Å². The van der Waals surface area contributed by atoms with Crippen molar-refractivity contribution in [1.82, 2.24) is 4.31 Å².